The van der Waals surface area contributed by atoms with E-state index in [9.17, 15) is 10.1 Å². The Balaban J connectivity index is 1.86. The number of rotatable bonds is 4. The summed E-state index contributed by atoms with van der Waals surface area (Å²) in [6.07, 6.45) is 5.23. The van der Waals surface area contributed by atoms with Crippen LogP contribution in [-0.2, 0) is 6.42 Å². The zero-order chi connectivity index (χ0) is 19.0. The number of oxazole rings is 1. The lowest BCUT2D eigenvalue weighted by Crippen LogP contribution is -2.07. The molecule has 3 aromatic rings. The van der Waals surface area contributed by atoms with Crippen molar-refractivity contribution in [2.24, 2.45) is 0 Å². The van der Waals surface area contributed by atoms with E-state index in [-0.39, 0.29) is 6.61 Å². The molecule has 0 saturated carbocycles. The summed E-state index contributed by atoms with van der Waals surface area (Å²) in [5, 5.41) is 9.97. The van der Waals surface area contributed by atoms with Gasteiger partial charge in [-0.25, -0.2) is 9.78 Å². The van der Waals surface area contributed by atoms with E-state index in [1.54, 1.807) is 18.3 Å². The number of hydrogen-bond acceptors (Lipinski definition) is 5. The monoisotopic (exact) mass is 401 g/mol. The number of nitriles is 1. The predicted octanol–water partition coefficient (Wildman–Crippen LogP) is 4.04. The third-order valence-electron chi connectivity index (χ3n) is 4.39. The van der Waals surface area contributed by atoms with E-state index in [0.717, 1.165) is 35.1 Å². The first-order valence-electron chi connectivity index (χ1n) is 8.26. The topological polar surface area (TPSA) is 91.9 Å². The van der Waals surface area contributed by atoms with E-state index in [2.05, 4.69) is 22.1 Å². The minimum atomic E-state index is -0.552. The lowest BCUT2D eigenvalue weighted by atomic mass is 9.86. The Morgan fingerprint density at radius 1 is 1.41 bits per heavy atom. The molecule has 1 N–H and O–H groups in total. The summed E-state index contributed by atoms with van der Waals surface area (Å²) in [6, 6.07) is 5.66. The molecule has 6 nitrogen and oxygen atoms in total. The van der Waals surface area contributed by atoms with Crippen molar-refractivity contribution in [3.63, 3.8) is 0 Å². The second-order valence-corrected chi connectivity index (χ2v) is 6.74. The van der Waals surface area contributed by atoms with Gasteiger partial charge in [-0.05, 0) is 41.7 Å². The van der Waals surface area contributed by atoms with Crippen LogP contribution >= 0.6 is 23.2 Å². The fraction of sp³-hybridized carbons (Fsp3) is 0.211. The highest BCUT2D eigenvalue weighted by atomic mass is 35.5. The second kappa shape index (κ2) is 7.10. The highest BCUT2D eigenvalue weighted by Gasteiger charge is 2.23. The van der Waals surface area contributed by atoms with Gasteiger partial charge in [-0.1, -0.05) is 17.7 Å². The van der Waals surface area contributed by atoms with Crippen LogP contribution in [0.4, 0.5) is 0 Å². The molecule has 2 heterocycles. The number of fused-ring (bicyclic) bond motifs is 2. The predicted molar refractivity (Wildman–Crippen MR) is 102 cm³/mol. The zero-order valence-corrected chi connectivity index (χ0v) is 15.5. The lowest BCUT2D eigenvalue weighted by Gasteiger charge is -2.22. The third kappa shape index (κ3) is 3.09. The largest absolute Gasteiger partial charge is 0.489 e. The van der Waals surface area contributed by atoms with E-state index >= 15 is 0 Å². The summed E-state index contributed by atoms with van der Waals surface area (Å²) in [5.74, 6) is 0.116. The molecule has 1 aliphatic rings. The molecule has 0 fully saturated rings. The number of nitrogens with one attached hydrogen (secondary N) is 1. The van der Waals surface area contributed by atoms with Gasteiger partial charge >= 0.3 is 5.76 Å². The van der Waals surface area contributed by atoms with Gasteiger partial charge in [0, 0.05) is 11.8 Å². The molecule has 1 aliphatic carbocycles. The van der Waals surface area contributed by atoms with Gasteiger partial charge in [0.25, 0.3) is 0 Å². The summed E-state index contributed by atoms with van der Waals surface area (Å²) >= 11 is 12.3. The molecule has 0 amide bonds. The molecule has 4 rings (SSSR count). The van der Waals surface area contributed by atoms with Crippen molar-refractivity contribution in [1.29, 1.82) is 5.26 Å². The summed E-state index contributed by atoms with van der Waals surface area (Å²) in [5.41, 5.74) is 4.53. The van der Waals surface area contributed by atoms with E-state index in [0.29, 0.717) is 33.4 Å². The molecule has 0 aliphatic heterocycles. The van der Waals surface area contributed by atoms with Gasteiger partial charge in [-0.2, -0.15) is 5.26 Å². The molecule has 2 aromatic heterocycles. The number of ether oxygens (including phenoxy) is 1. The molecular formula is C19H13Cl2N3O3. The number of alkyl halides is 1. The molecule has 136 valence electrons. The maximum atomic E-state index is 11.4. The van der Waals surface area contributed by atoms with Crippen LogP contribution < -0.4 is 10.5 Å². The van der Waals surface area contributed by atoms with E-state index in [1.807, 2.05) is 0 Å². The highest BCUT2D eigenvalue weighted by Crippen LogP contribution is 2.42. The van der Waals surface area contributed by atoms with Crippen LogP contribution in [0.25, 0.3) is 16.8 Å². The molecule has 27 heavy (non-hydrogen) atoms. The van der Waals surface area contributed by atoms with E-state index < -0.39 is 5.76 Å². The van der Waals surface area contributed by atoms with E-state index in [1.165, 1.54) is 0 Å². The van der Waals surface area contributed by atoms with Gasteiger partial charge < -0.3 is 9.15 Å². The first-order chi connectivity index (χ1) is 13.1. The Kier molecular flexibility index (Phi) is 4.65. The molecule has 0 unspecified atom stereocenters. The highest BCUT2D eigenvalue weighted by molar-refractivity contribution is 6.33. The number of pyridine rings is 1. The number of benzene rings is 1. The van der Waals surface area contributed by atoms with Crippen LogP contribution in [0.2, 0.25) is 5.02 Å². The van der Waals surface area contributed by atoms with Crippen LogP contribution in [0.15, 0.2) is 33.6 Å². The number of allylic oxidation sites excluding steroid dienone is 1. The quantitative estimate of drug-likeness (QED) is 0.665. The van der Waals surface area contributed by atoms with Crippen molar-refractivity contribution in [3.05, 3.63) is 62.2 Å². The first-order valence-corrected chi connectivity index (χ1v) is 9.17. The molecular weight excluding hydrogens is 389 g/mol. The van der Waals surface area contributed by atoms with Crippen molar-refractivity contribution in [2.75, 3.05) is 12.5 Å². The fourth-order valence-corrected chi connectivity index (χ4v) is 3.68. The van der Waals surface area contributed by atoms with Gasteiger partial charge in [0.05, 0.1) is 16.5 Å². The maximum Gasteiger partial charge on any atom is 0.418 e. The van der Waals surface area contributed by atoms with Crippen molar-refractivity contribution in [1.82, 2.24) is 9.97 Å². The van der Waals surface area contributed by atoms with Crippen LogP contribution in [0.1, 0.15) is 28.7 Å². The van der Waals surface area contributed by atoms with Gasteiger partial charge in [0.15, 0.2) is 17.0 Å². The summed E-state index contributed by atoms with van der Waals surface area (Å²) in [4.78, 5) is 18.1. The molecule has 0 radical (unpaired) electrons. The van der Waals surface area contributed by atoms with Crippen LogP contribution in [-0.4, -0.2) is 22.5 Å². The summed E-state index contributed by atoms with van der Waals surface area (Å²) in [7, 11) is 0. The van der Waals surface area contributed by atoms with Gasteiger partial charge in [0.1, 0.15) is 12.7 Å². The lowest BCUT2D eigenvalue weighted by molar-refractivity contribution is 0.341. The Bertz CT molecular complexity index is 1170. The van der Waals surface area contributed by atoms with Crippen molar-refractivity contribution in [2.45, 2.75) is 12.8 Å². The summed E-state index contributed by atoms with van der Waals surface area (Å²) in [6.45, 7) is 0.268. The molecule has 0 saturated heterocycles. The van der Waals surface area contributed by atoms with Crippen LogP contribution in [0.3, 0.4) is 0 Å². The number of nitrogens with zero attached hydrogens (tertiary/aromatic N) is 2. The van der Waals surface area contributed by atoms with Crippen molar-refractivity contribution in [3.8, 4) is 11.8 Å². The van der Waals surface area contributed by atoms with E-state index in [4.69, 9.17) is 32.4 Å². The third-order valence-corrected chi connectivity index (χ3v) is 4.94. The molecule has 8 heteroatoms. The second-order valence-electron chi connectivity index (χ2n) is 5.98. The smallest absolute Gasteiger partial charge is 0.418 e. The maximum absolute atomic E-state index is 11.4. The Morgan fingerprint density at radius 3 is 3.04 bits per heavy atom. The molecule has 0 bridgehead atoms. The number of aromatic amines is 1. The number of halogens is 2. The first kappa shape index (κ1) is 17.7. The molecule has 0 atom stereocenters. The van der Waals surface area contributed by atoms with Crippen molar-refractivity contribution < 1.29 is 9.15 Å². The normalized spacial score (nSPS) is 13.1. The van der Waals surface area contributed by atoms with Crippen LogP contribution in [0.5, 0.6) is 5.75 Å². The van der Waals surface area contributed by atoms with Gasteiger partial charge in [-0.15, -0.1) is 11.6 Å². The number of H-pyrrole nitrogens is 1. The van der Waals surface area contributed by atoms with Crippen molar-refractivity contribution >= 4 is 40.0 Å². The average molecular weight is 402 g/mol. The summed E-state index contributed by atoms with van der Waals surface area (Å²) < 4.78 is 10.7. The minimum Gasteiger partial charge on any atom is -0.489 e. The Labute approximate surface area is 164 Å². The van der Waals surface area contributed by atoms with Gasteiger partial charge in [-0.3, -0.25) is 4.98 Å². The fourth-order valence-electron chi connectivity index (χ4n) is 3.25. The standard InChI is InChI=1S/C19H13Cl2N3O3/c20-4-5-26-17-10(8-22)6-14-12(2-1-3-13(14)16(17)21)11-7-15-18(23-9-11)24-19(25)27-15/h2,6-7,9H,1,3-5H2,(H,23,24,25). The SMILES string of the molecule is N#Cc1cc2c(c(Cl)c1OCCCl)CCC=C2c1cnc2[nH]c(=O)oc2c1. The van der Waals surface area contributed by atoms with Crippen LogP contribution in [0, 0.1) is 11.3 Å². The molecule has 0 spiro atoms. The average Bonchev–Trinajstić information content (AvgIpc) is 3.05. The Morgan fingerprint density at radius 2 is 2.26 bits per heavy atom. The minimum absolute atomic E-state index is 0.268. The molecule has 1 aromatic carbocycles. The number of aromatic nitrogens is 2. The number of hydrogen-bond donors (Lipinski definition) is 1. The Hall–Kier alpha value is -2.75. The zero-order valence-electron chi connectivity index (χ0n) is 14.0. The van der Waals surface area contributed by atoms with Gasteiger partial charge in [0.2, 0.25) is 0 Å².